The number of likely N-dealkylation sites (tertiary alicyclic amines) is 1. The number of rotatable bonds is 2. The molecule has 3 saturated heterocycles. The van der Waals surface area contributed by atoms with Crippen LogP contribution in [0.5, 0.6) is 0 Å². The van der Waals surface area contributed by atoms with Gasteiger partial charge in [0.1, 0.15) is 61.0 Å². The third-order valence-corrected chi connectivity index (χ3v) is 9.92. The zero-order chi connectivity index (χ0) is 33.6. The van der Waals surface area contributed by atoms with E-state index < -0.39 is 79.7 Å². The number of ether oxygens (including phenoxy) is 2. The first-order valence-corrected chi connectivity index (χ1v) is 15.7. The lowest BCUT2D eigenvalue weighted by Gasteiger charge is -2.40. The second kappa shape index (κ2) is 13.3. The highest BCUT2D eigenvalue weighted by Gasteiger charge is 2.47. The van der Waals surface area contributed by atoms with Crippen LogP contribution in [0, 0.1) is 23.7 Å². The summed E-state index contributed by atoms with van der Waals surface area (Å²) < 4.78 is 11.1. The van der Waals surface area contributed by atoms with Gasteiger partial charge in [-0.3, -0.25) is 4.79 Å². The molecule has 0 saturated carbocycles. The van der Waals surface area contributed by atoms with Crippen molar-refractivity contribution in [1.29, 1.82) is 0 Å². The summed E-state index contributed by atoms with van der Waals surface area (Å²) in [4.78, 5) is 14.0. The third kappa shape index (κ3) is 5.96. The summed E-state index contributed by atoms with van der Waals surface area (Å²) in [6.45, 7) is 1.53. The first-order chi connectivity index (χ1) is 22.5. The molecular weight excluding hydrogens is 610 g/mol. The van der Waals surface area contributed by atoms with Crippen molar-refractivity contribution in [3.8, 4) is 34.8 Å². The summed E-state index contributed by atoms with van der Waals surface area (Å²) in [5.74, 6) is 11.7. The van der Waals surface area contributed by atoms with E-state index in [1.165, 1.54) is 0 Å². The lowest BCUT2D eigenvalue weighted by Crippen LogP contribution is -2.58. The van der Waals surface area contributed by atoms with Crippen LogP contribution < -0.4 is 0 Å². The fourth-order valence-electron chi connectivity index (χ4n) is 7.14. The number of aliphatic hydroxyl groups excluding tert-OH is 8. The molecule has 2 aromatic carbocycles. The van der Waals surface area contributed by atoms with Crippen molar-refractivity contribution in [3.63, 3.8) is 0 Å². The quantitative estimate of drug-likeness (QED) is 0.167. The molecule has 6 rings (SSSR count). The van der Waals surface area contributed by atoms with Crippen LogP contribution in [0.25, 0.3) is 11.1 Å². The summed E-state index contributed by atoms with van der Waals surface area (Å²) in [5, 5.41) is 80.4. The Labute approximate surface area is 271 Å². The van der Waals surface area contributed by atoms with Crippen molar-refractivity contribution in [1.82, 2.24) is 4.90 Å². The maximum absolute atomic E-state index is 12.2. The van der Waals surface area contributed by atoms with Crippen LogP contribution in [0.2, 0.25) is 0 Å². The second-order valence-corrected chi connectivity index (χ2v) is 12.6. The minimum atomic E-state index is -1.53. The van der Waals surface area contributed by atoms with E-state index in [0.29, 0.717) is 37.1 Å². The van der Waals surface area contributed by atoms with Gasteiger partial charge in [0.25, 0.3) is 0 Å². The molecule has 3 aliphatic heterocycles. The first kappa shape index (κ1) is 33.5. The number of carbonyl (C=O) groups is 1. The van der Waals surface area contributed by atoms with Crippen molar-refractivity contribution in [2.24, 2.45) is 0 Å². The van der Waals surface area contributed by atoms with Gasteiger partial charge < -0.3 is 55.2 Å². The molecular formula is C35H39NO11. The van der Waals surface area contributed by atoms with Gasteiger partial charge in [0, 0.05) is 36.6 Å². The molecule has 4 aliphatic rings. The average Bonchev–Trinajstić information content (AvgIpc) is 3.33. The van der Waals surface area contributed by atoms with Crippen molar-refractivity contribution >= 4 is 5.91 Å². The van der Waals surface area contributed by atoms with Crippen molar-refractivity contribution in [3.05, 3.63) is 58.7 Å². The van der Waals surface area contributed by atoms with Crippen LogP contribution in [-0.4, -0.2) is 139 Å². The van der Waals surface area contributed by atoms with E-state index in [4.69, 9.17) is 9.47 Å². The monoisotopic (exact) mass is 649 g/mol. The van der Waals surface area contributed by atoms with Crippen molar-refractivity contribution < 1.29 is 55.1 Å². The minimum absolute atomic E-state index is 0.00316. The fourth-order valence-corrected chi connectivity index (χ4v) is 7.14. The van der Waals surface area contributed by atoms with Gasteiger partial charge in [-0.25, -0.2) is 0 Å². The molecule has 1 amide bonds. The molecule has 1 aliphatic carbocycles. The van der Waals surface area contributed by atoms with E-state index in [2.05, 4.69) is 23.7 Å². The molecule has 12 nitrogen and oxygen atoms in total. The SMILES string of the molecule is CC(=O)N1CCC2(CC1)c1cc(C#CC3OC(CO)[C@@H](O)C(O)C3O)ccc1-c1ccc(C#CC3OC(CO)[C@@H](O)[C@H](O)[C@@H]3O)cc12. The molecule has 250 valence electrons. The summed E-state index contributed by atoms with van der Waals surface area (Å²) in [6.07, 6.45) is -12.0. The number of fused-ring (bicyclic) bond motifs is 5. The number of carbonyl (C=O) groups excluding carboxylic acids is 1. The number of hydrogen-bond acceptors (Lipinski definition) is 11. The predicted molar refractivity (Wildman–Crippen MR) is 165 cm³/mol. The molecule has 47 heavy (non-hydrogen) atoms. The summed E-state index contributed by atoms with van der Waals surface area (Å²) in [7, 11) is 0. The largest absolute Gasteiger partial charge is 0.394 e. The zero-order valence-corrected chi connectivity index (χ0v) is 25.7. The number of aliphatic hydroxyl groups is 8. The van der Waals surface area contributed by atoms with Crippen LogP contribution in [0.15, 0.2) is 36.4 Å². The second-order valence-electron chi connectivity index (χ2n) is 12.6. The van der Waals surface area contributed by atoms with Gasteiger partial charge in [-0.2, -0.15) is 0 Å². The fraction of sp³-hybridized carbons (Fsp3) is 0.514. The van der Waals surface area contributed by atoms with E-state index in [1.54, 1.807) is 6.92 Å². The summed E-state index contributed by atoms with van der Waals surface area (Å²) in [6, 6.07) is 11.6. The number of hydrogen-bond donors (Lipinski definition) is 8. The Morgan fingerprint density at radius 2 is 1.15 bits per heavy atom. The zero-order valence-electron chi connectivity index (χ0n) is 25.7. The Kier molecular flexibility index (Phi) is 9.46. The van der Waals surface area contributed by atoms with Gasteiger partial charge in [0.05, 0.1) is 13.2 Å². The Balaban J connectivity index is 1.34. The van der Waals surface area contributed by atoms with Crippen LogP contribution in [0.1, 0.15) is 42.0 Å². The highest BCUT2D eigenvalue weighted by Crippen LogP contribution is 2.54. The molecule has 0 radical (unpaired) electrons. The Morgan fingerprint density at radius 1 is 0.723 bits per heavy atom. The molecule has 0 aromatic heterocycles. The van der Waals surface area contributed by atoms with E-state index in [9.17, 15) is 45.6 Å². The smallest absolute Gasteiger partial charge is 0.219 e. The molecule has 8 N–H and O–H groups in total. The van der Waals surface area contributed by atoms with E-state index in [0.717, 1.165) is 22.3 Å². The van der Waals surface area contributed by atoms with Crippen LogP contribution >= 0.6 is 0 Å². The maximum atomic E-state index is 12.2. The van der Waals surface area contributed by atoms with Gasteiger partial charge >= 0.3 is 0 Å². The highest BCUT2D eigenvalue weighted by molar-refractivity contribution is 5.83. The maximum Gasteiger partial charge on any atom is 0.219 e. The number of nitrogens with zero attached hydrogens (tertiary/aromatic N) is 1. The molecule has 1 spiro atoms. The van der Waals surface area contributed by atoms with Gasteiger partial charge in [0.15, 0.2) is 0 Å². The Bertz CT molecular complexity index is 1520. The standard InChI is InChI=1S/C35H39NO11/c1-18(39)36-12-10-35(11-13-36)23-14-19(4-8-25-29(40)33(44)31(42)27(16-37)46-25)2-6-21(23)22-7-3-20(15-24(22)35)5-9-26-30(41)34(45)32(43)28(17-38)47-26/h2-3,6-7,14-15,25-34,37-38,40-45H,10-13,16-17H2,1H3/t25?,26?,27?,28?,29-,30?,31-,32-,33-,34?/m1/s1. The normalized spacial score (nSPS) is 34.0. The van der Waals surface area contributed by atoms with Crippen LogP contribution in [-0.2, 0) is 19.7 Å². The molecule has 2 aromatic rings. The molecule has 10 atom stereocenters. The van der Waals surface area contributed by atoms with Gasteiger partial charge in [-0.15, -0.1) is 0 Å². The topological polar surface area (TPSA) is 201 Å². The Morgan fingerprint density at radius 3 is 1.53 bits per heavy atom. The van der Waals surface area contributed by atoms with E-state index in [1.807, 2.05) is 41.3 Å². The lowest BCUT2D eigenvalue weighted by molar-refractivity contribution is -0.214. The molecule has 3 fully saturated rings. The van der Waals surface area contributed by atoms with Crippen molar-refractivity contribution in [2.45, 2.75) is 86.2 Å². The third-order valence-electron chi connectivity index (χ3n) is 9.92. The minimum Gasteiger partial charge on any atom is -0.394 e. The number of benzene rings is 2. The van der Waals surface area contributed by atoms with Gasteiger partial charge in [-0.05, 0) is 59.4 Å². The highest BCUT2D eigenvalue weighted by atomic mass is 16.5. The van der Waals surface area contributed by atoms with Gasteiger partial charge in [0.2, 0.25) is 5.91 Å². The van der Waals surface area contributed by atoms with Gasteiger partial charge in [-0.1, -0.05) is 35.8 Å². The average molecular weight is 650 g/mol. The summed E-state index contributed by atoms with van der Waals surface area (Å²) in [5.41, 5.74) is 4.84. The molecule has 6 unspecified atom stereocenters. The first-order valence-electron chi connectivity index (χ1n) is 15.7. The number of piperidine rings is 1. The van der Waals surface area contributed by atoms with E-state index >= 15 is 0 Å². The molecule has 3 heterocycles. The number of amides is 1. The predicted octanol–water partition coefficient (Wildman–Crippen LogP) is -2.02. The molecule has 0 bridgehead atoms. The van der Waals surface area contributed by atoms with E-state index in [-0.39, 0.29) is 5.91 Å². The van der Waals surface area contributed by atoms with Crippen LogP contribution in [0.3, 0.4) is 0 Å². The lowest BCUT2D eigenvalue weighted by atomic mass is 9.70. The summed E-state index contributed by atoms with van der Waals surface area (Å²) >= 11 is 0. The van der Waals surface area contributed by atoms with Crippen LogP contribution in [0.4, 0.5) is 0 Å². The van der Waals surface area contributed by atoms with Crippen molar-refractivity contribution in [2.75, 3.05) is 26.3 Å². The Hall–Kier alpha value is -3.37. The molecule has 12 heteroatoms.